The quantitative estimate of drug-likeness (QED) is 0.853. The zero-order valence-electron chi connectivity index (χ0n) is 13.1. The second kappa shape index (κ2) is 6.64. The van der Waals surface area contributed by atoms with Crippen molar-refractivity contribution >= 4 is 17.2 Å². The normalized spacial score (nSPS) is 17.9. The average molecular weight is 304 g/mol. The molecule has 0 atom stereocenters. The predicted octanol–water partition coefficient (Wildman–Crippen LogP) is 3.10. The van der Waals surface area contributed by atoms with Gasteiger partial charge in [0.1, 0.15) is 4.88 Å². The number of rotatable bonds is 2. The van der Waals surface area contributed by atoms with Gasteiger partial charge in [0, 0.05) is 18.7 Å². The van der Waals surface area contributed by atoms with Gasteiger partial charge in [-0.2, -0.15) is 0 Å². The average Bonchev–Trinajstić information content (AvgIpc) is 2.92. The molecule has 0 aliphatic heterocycles. The van der Waals surface area contributed by atoms with Gasteiger partial charge in [-0.3, -0.25) is 4.79 Å². The molecule has 21 heavy (non-hydrogen) atoms. The van der Waals surface area contributed by atoms with E-state index >= 15 is 0 Å². The van der Waals surface area contributed by atoms with Crippen LogP contribution < -0.4 is 5.73 Å². The SMILES string of the molecule is CN(C(=O)c1sccc1C#CCN)C1CCC(C)(C)CC1. The first-order valence-corrected chi connectivity index (χ1v) is 8.36. The van der Waals surface area contributed by atoms with Crippen LogP contribution >= 0.6 is 11.3 Å². The molecule has 0 aromatic carbocycles. The van der Waals surface area contributed by atoms with Gasteiger partial charge in [0.05, 0.1) is 6.54 Å². The Bertz CT molecular complexity index is 555. The van der Waals surface area contributed by atoms with Gasteiger partial charge in [-0.1, -0.05) is 25.7 Å². The van der Waals surface area contributed by atoms with Crippen LogP contribution in [0, 0.1) is 17.3 Å². The largest absolute Gasteiger partial charge is 0.338 e. The lowest BCUT2D eigenvalue weighted by atomic mass is 9.75. The first-order valence-electron chi connectivity index (χ1n) is 7.48. The van der Waals surface area contributed by atoms with E-state index in [0.29, 0.717) is 18.0 Å². The fraction of sp³-hybridized carbons (Fsp3) is 0.588. The highest BCUT2D eigenvalue weighted by atomic mass is 32.1. The molecule has 4 heteroatoms. The summed E-state index contributed by atoms with van der Waals surface area (Å²) in [4.78, 5) is 15.3. The van der Waals surface area contributed by atoms with Gasteiger partial charge >= 0.3 is 0 Å². The summed E-state index contributed by atoms with van der Waals surface area (Å²) in [5, 5.41) is 1.92. The summed E-state index contributed by atoms with van der Waals surface area (Å²) in [7, 11) is 1.92. The Morgan fingerprint density at radius 1 is 1.48 bits per heavy atom. The Balaban J connectivity index is 2.08. The number of hydrogen-bond acceptors (Lipinski definition) is 3. The van der Waals surface area contributed by atoms with Crippen molar-refractivity contribution in [1.29, 1.82) is 0 Å². The van der Waals surface area contributed by atoms with Gasteiger partial charge in [0.25, 0.3) is 5.91 Å². The first kappa shape index (κ1) is 16.1. The molecule has 1 aliphatic rings. The number of nitrogens with two attached hydrogens (primary N) is 1. The molecule has 1 heterocycles. The molecular formula is C17H24N2OS. The van der Waals surface area contributed by atoms with Crippen LogP contribution in [0.4, 0.5) is 0 Å². The van der Waals surface area contributed by atoms with Crippen LogP contribution in [0.1, 0.15) is 54.8 Å². The third-order valence-corrected chi connectivity index (χ3v) is 5.26. The van der Waals surface area contributed by atoms with Gasteiger partial charge in [-0.15, -0.1) is 11.3 Å². The summed E-state index contributed by atoms with van der Waals surface area (Å²) >= 11 is 1.47. The van der Waals surface area contributed by atoms with E-state index in [0.717, 1.165) is 23.3 Å². The Morgan fingerprint density at radius 2 is 2.14 bits per heavy atom. The summed E-state index contributed by atoms with van der Waals surface area (Å²) in [6.45, 7) is 4.94. The fourth-order valence-corrected chi connectivity index (χ4v) is 3.65. The zero-order chi connectivity index (χ0) is 15.5. The molecule has 1 aromatic heterocycles. The van der Waals surface area contributed by atoms with Crippen molar-refractivity contribution in [2.24, 2.45) is 11.1 Å². The third-order valence-electron chi connectivity index (χ3n) is 4.36. The molecule has 1 aromatic rings. The van der Waals surface area contributed by atoms with Gasteiger partial charge in [-0.05, 0) is 42.5 Å². The second-order valence-electron chi connectivity index (χ2n) is 6.48. The third kappa shape index (κ3) is 3.87. The minimum atomic E-state index is 0.0935. The Morgan fingerprint density at radius 3 is 2.76 bits per heavy atom. The molecule has 0 bridgehead atoms. The Labute approximate surface area is 131 Å². The number of carbonyl (C=O) groups is 1. The molecule has 0 radical (unpaired) electrons. The molecule has 2 rings (SSSR count). The maximum absolute atomic E-state index is 12.7. The number of amides is 1. The zero-order valence-corrected chi connectivity index (χ0v) is 13.9. The van der Waals surface area contributed by atoms with Crippen LogP contribution in [0.3, 0.4) is 0 Å². The molecule has 2 N–H and O–H groups in total. The van der Waals surface area contributed by atoms with Crippen LogP contribution in [0.25, 0.3) is 0 Å². The van der Waals surface area contributed by atoms with E-state index in [4.69, 9.17) is 5.73 Å². The second-order valence-corrected chi connectivity index (χ2v) is 7.40. The lowest BCUT2D eigenvalue weighted by Gasteiger charge is -2.38. The smallest absolute Gasteiger partial charge is 0.265 e. The molecule has 3 nitrogen and oxygen atoms in total. The predicted molar refractivity (Wildman–Crippen MR) is 88.4 cm³/mol. The molecule has 1 fully saturated rings. The van der Waals surface area contributed by atoms with Crippen molar-refractivity contribution in [3.63, 3.8) is 0 Å². The van der Waals surface area contributed by atoms with Crippen molar-refractivity contribution in [2.45, 2.75) is 45.6 Å². The van der Waals surface area contributed by atoms with Crippen molar-refractivity contribution in [3.05, 3.63) is 21.9 Å². The fourth-order valence-electron chi connectivity index (χ4n) is 2.82. The Hall–Kier alpha value is -1.31. The maximum Gasteiger partial charge on any atom is 0.265 e. The standard InChI is InChI=1S/C17H24N2OS/c1-17(2)9-6-14(7-10-17)19(3)16(20)15-13(5-4-11-18)8-12-21-15/h8,12,14H,6-7,9-11,18H2,1-3H3. The van der Waals surface area contributed by atoms with E-state index in [2.05, 4.69) is 25.7 Å². The van der Waals surface area contributed by atoms with Crippen LogP contribution in [-0.4, -0.2) is 30.4 Å². The van der Waals surface area contributed by atoms with Gasteiger partial charge in [0.15, 0.2) is 0 Å². The molecular weight excluding hydrogens is 280 g/mol. The van der Waals surface area contributed by atoms with Crippen LogP contribution in [-0.2, 0) is 0 Å². The summed E-state index contributed by atoms with van der Waals surface area (Å²) in [5.41, 5.74) is 6.63. The summed E-state index contributed by atoms with van der Waals surface area (Å²) < 4.78 is 0. The highest BCUT2D eigenvalue weighted by Gasteiger charge is 2.31. The molecule has 114 valence electrons. The number of hydrogen-bond donors (Lipinski definition) is 1. The van der Waals surface area contributed by atoms with Crippen molar-refractivity contribution in [2.75, 3.05) is 13.6 Å². The number of thiophene rings is 1. The van der Waals surface area contributed by atoms with Crippen LogP contribution in [0.5, 0.6) is 0 Å². The summed E-state index contributed by atoms with van der Waals surface area (Å²) in [6.07, 6.45) is 4.54. The van der Waals surface area contributed by atoms with E-state index < -0.39 is 0 Å². The lowest BCUT2D eigenvalue weighted by molar-refractivity contribution is 0.0640. The van der Waals surface area contributed by atoms with E-state index in [-0.39, 0.29) is 5.91 Å². The van der Waals surface area contributed by atoms with Crippen molar-refractivity contribution in [3.8, 4) is 11.8 Å². The van der Waals surface area contributed by atoms with E-state index in [1.54, 1.807) is 0 Å². The van der Waals surface area contributed by atoms with E-state index in [1.807, 2.05) is 23.4 Å². The first-order chi connectivity index (χ1) is 9.94. The minimum absolute atomic E-state index is 0.0935. The Kier molecular flexibility index (Phi) is 5.08. The van der Waals surface area contributed by atoms with Crippen molar-refractivity contribution in [1.82, 2.24) is 4.90 Å². The molecule has 0 saturated heterocycles. The summed E-state index contributed by atoms with van der Waals surface area (Å²) in [6, 6.07) is 2.25. The number of nitrogens with zero attached hydrogens (tertiary/aromatic N) is 1. The lowest BCUT2D eigenvalue weighted by Crippen LogP contribution is -2.40. The van der Waals surface area contributed by atoms with Crippen molar-refractivity contribution < 1.29 is 4.79 Å². The molecule has 1 saturated carbocycles. The molecule has 0 spiro atoms. The number of carbonyl (C=O) groups excluding carboxylic acids is 1. The van der Waals surface area contributed by atoms with Crippen LogP contribution in [0.15, 0.2) is 11.4 Å². The van der Waals surface area contributed by atoms with Gasteiger partial charge in [-0.25, -0.2) is 0 Å². The van der Waals surface area contributed by atoms with E-state index in [9.17, 15) is 4.79 Å². The van der Waals surface area contributed by atoms with E-state index in [1.165, 1.54) is 24.2 Å². The molecule has 0 unspecified atom stereocenters. The van der Waals surface area contributed by atoms with Crippen LogP contribution in [0.2, 0.25) is 0 Å². The minimum Gasteiger partial charge on any atom is -0.338 e. The monoisotopic (exact) mass is 304 g/mol. The highest BCUT2D eigenvalue weighted by Crippen LogP contribution is 2.37. The summed E-state index contributed by atoms with van der Waals surface area (Å²) in [5.74, 6) is 5.92. The topological polar surface area (TPSA) is 46.3 Å². The van der Waals surface area contributed by atoms with Gasteiger partial charge < -0.3 is 10.6 Å². The molecule has 1 amide bonds. The maximum atomic E-state index is 12.7. The highest BCUT2D eigenvalue weighted by molar-refractivity contribution is 7.12. The van der Waals surface area contributed by atoms with Gasteiger partial charge in [0.2, 0.25) is 0 Å². The molecule has 1 aliphatic carbocycles.